The minimum atomic E-state index is -0.621. The Labute approximate surface area is 192 Å². The molecule has 1 amide bonds. The summed E-state index contributed by atoms with van der Waals surface area (Å²) in [7, 11) is 0. The average molecular weight is 458 g/mol. The SMILES string of the molecule is CCOc1nc(-c2ccnc(NC(=O)CO)c2)sc1C(=N)C(CC=N)C1CC1(C)C(C)C. The summed E-state index contributed by atoms with van der Waals surface area (Å²) in [6.45, 7) is 8.40. The largest absolute Gasteiger partial charge is 0.477 e. The second-order valence-electron chi connectivity index (χ2n) is 8.65. The van der Waals surface area contributed by atoms with Gasteiger partial charge in [0.2, 0.25) is 5.88 Å². The highest BCUT2D eigenvalue weighted by molar-refractivity contribution is 7.17. The number of hydrogen-bond acceptors (Lipinski definition) is 8. The Kier molecular flexibility index (Phi) is 7.40. The van der Waals surface area contributed by atoms with Crippen molar-refractivity contribution < 1.29 is 14.6 Å². The summed E-state index contributed by atoms with van der Waals surface area (Å²) in [6, 6.07) is 3.46. The van der Waals surface area contributed by atoms with Gasteiger partial charge in [0.15, 0.2) is 0 Å². The van der Waals surface area contributed by atoms with E-state index in [4.69, 9.17) is 20.7 Å². The zero-order valence-electron chi connectivity index (χ0n) is 18.9. The molecule has 0 aromatic carbocycles. The Morgan fingerprint density at radius 2 is 2.25 bits per heavy atom. The number of nitrogens with one attached hydrogen (secondary N) is 3. The highest BCUT2D eigenvalue weighted by Gasteiger charge is 2.56. The lowest BCUT2D eigenvalue weighted by molar-refractivity contribution is -0.118. The summed E-state index contributed by atoms with van der Waals surface area (Å²) in [6.07, 6.45) is 4.54. The zero-order chi connectivity index (χ0) is 23.5. The third-order valence-corrected chi connectivity index (χ3v) is 7.55. The number of anilines is 1. The third kappa shape index (κ3) is 4.88. The van der Waals surface area contributed by atoms with Gasteiger partial charge in [0.1, 0.15) is 22.3 Å². The molecular weight excluding hydrogens is 426 g/mol. The number of aliphatic hydroxyl groups is 1. The Bertz CT molecular complexity index is 1010. The standard InChI is InChI=1S/C23H31N5O3S/c1-5-31-21-20(19(25)15(6-8-24)16-11-23(16,4)13(2)3)32-22(28-21)14-7-9-26-17(10-14)27-18(30)12-29/h7-10,13,15-16,24-25,29H,5-6,11-12H2,1-4H3,(H,26,27,30). The number of aliphatic hydroxyl groups excluding tert-OH is 1. The number of carbonyl (C=O) groups excluding carboxylic acids is 1. The van der Waals surface area contributed by atoms with E-state index in [1.54, 1.807) is 18.3 Å². The third-order valence-electron chi connectivity index (χ3n) is 6.43. The van der Waals surface area contributed by atoms with E-state index in [9.17, 15) is 4.79 Å². The topological polar surface area (TPSA) is 132 Å². The van der Waals surface area contributed by atoms with Gasteiger partial charge < -0.3 is 26.0 Å². The van der Waals surface area contributed by atoms with E-state index in [2.05, 4.69) is 36.1 Å². The zero-order valence-corrected chi connectivity index (χ0v) is 19.8. The van der Waals surface area contributed by atoms with Crippen LogP contribution >= 0.6 is 11.3 Å². The smallest absolute Gasteiger partial charge is 0.251 e. The maximum Gasteiger partial charge on any atom is 0.251 e. The van der Waals surface area contributed by atoms with E-state index in [0.29, 0.717) is 52.2 Å². The van der Waals surface area contributed by atoms with Crippen LogP contribution in [0.25, 0.3) is 10.6 Å². The van der Waals surface area contributed by atoms with Crippen molar-refractivity contribution in [2.45, 2.75) is 40.5 Å². The van der Waals surface area contributed by atoms with E-state index in [-0.39, 0.29) is 11.3 Å². The molecule has 1 fully saturated rings. The van der Waals surface area contributed by atoms with Crippen molar-refractivity contribution in [3.8, 4) is 16.5 Å². The Morgan fingerprint density at radius 1 is 1.50 bits per heavy atom. The average Bonchev–Trinajstić information content (AvgIpc) is 3.28. The van der Waals surface area contributed by atoms with Gasteiger partial charge in [0, 0.05) is 17.7 Å². The molecule has 0 bridgehead atoms. The van der Waals surface area contributed by atoms with Crippen LogP contribution in [0.5, 0.6) is 5.88 Å². The van der Waals surface area contributed by atoms with Crippen LogP contribution in [0.3, 0.4) is 0 Å². The molecule has 4 N–H and O–H groups in total. The molecule has 3 rings (SSSR count). The summed E-state index contributed by atoms with van der Waals surface area (Å²) in [5, 5.41) is 28.9. The lowest BCUT2D eigenvalue weighted by atomic mass is 9.83. The van der Waals surface area contributed by atoms with Crippen LogP contribution in [0.4, 0.5) is 5.82 Å². The molecule has 172 valence electrons. The molecule has 2 aromatic heterocycles. The minimum Gasteiger partial charge on any atom is -0.477 e. The maximum atomic E-state index is 11.5. The quantitative estimate of drug-likeness (QED) is 0.375. The van der Waals surface area contributed by atoms with Crippen molar-refractivity contribution >= 4 is 35.0 Å². The van der Waals surface area contributed by atoms with Crippen LogP contribution in [0, 0.1) is 34.0 Å². The van der Waals surface area contributed by atoms with Gasteiger partial charge in [-0.3, -0.25) is 4.79 Å². The monoisotopic (exact) mass is 457 g/mol. The van der Waals surface area contributed by atoms with Crippen LogP contribution in [0.2, 0.25) is 0 Å². The van der Waals surface area contributed by atoms with E-state index >= 15 is 0 Å². The Morgan fingerprint density at radius 3 is 2.84 bits per heavy atom. The van der Waals surface area contributed by atoms with Crippen molar-refractivity contribution in [2.24, 2.45) is 23.2 Å². The van der Waals surface area contributed by atoms with Crippen LogP contribution < -0.4 is 10.1 Å². The fraction of sp³-hybridized carbons (Fsp3) is 0.522. The molecule has 9 heteroatoms. The molecule has 0 saturated heterocycles. The Hall–Kier alpha value is -2.65. The van der Waals surface area contributed by atoms with Gasteiger partial charge in [-0.15, -0.1) is 11.3 Å². The van der Waals surface area contributed by atoms with Crippen molar-refractivity contribution in [1.82, 2.24) is 9.97 Å². The summed E-state index contributed by atoms with van der Waals surface area (Å²) in [4.78, 5) is 20.9. The normalized spacial score (nSPS) is 20.6. The van der Waals surface area contributed by atoms with Gasteiger partial charge in [0.25, 0.3) is 5.91 Å². The minimum absolute atomic E-state index is 0.0516. The molecule has 1 saturated carbocycles. The molecule has 2 aromatic rings. The molecule has 32 heavy (non-hydrogen) atoms. The highest BCUT2D eigenvalue weighted by Crippen LogP contribution is 2.62. The first kappa shape index (κ1) is 24.0. The van der Waals surface area contributed by atoms with Crippen LogP contribution in [-0.4, -0.2) is 46.1 Å². The predicted molar refractivity (Wildman–Crippen MR) is 127 cm³/mol. The van der Waals surface area contributed by atoms with Crippen molar-refractivity contribution in [3.05, 3.63) is 23.2 Å². The van der Waals surface area contributed by atoms with Crippen LogP contribution in [-0.2, 0) is 4.79 Å². The second-order valence-corrected chi connectivity index (χ2v) is 9.65. The summed E-state index contributed by atoms with van der Waals surface area (Å²) in [5.74, 6) is 1.03. The number of amides is 1. The molecule has 1 aliphatic rings. The first-order valence-electron chi connectivity index (χ1n) is 10.8. The molecule has 2 heterocycles. The van der Waals surface area contributed by atoms with Gasteiger partial charge in [-0.1, -0.05) is 20.8 Å². The second kappa shape index (κ2) is 9.87. The van der Waals surface area contributed by atoms with Gasteiger partial charge in [-0.05, 0) is 55.4 Å². The number of ether oxygens (including phenoxy) is 1. The summed E-state index contributed by atoms with van der Waals surface area (Å²) in [5.41, 5.74) is 1.39. The van der Waals surface area contributed by atoms with Crippen LogP contribution in [0.1, 0.15) is 45.4 Å². The van der Waals surface area contributed by atoms with E-state index in [1.165, 1.54) is 17.6 Å². The fourth-order valence-electron chi connectivity index (χ4n) is 4.11. The molecule has 8 nitrogen and oxygen atoms in total. The van der Waals surface area contributed by atoms with E-state index in [0.717, 1.165) is 12.0 Å². The van der Waals surface area contributed by atoms with Gasteiger partial charge in [-0.25, -0.2) is 9.97 Å². The number of aromatic nitrogens is 2. The first-order chi connectivity index (χ1) is 15.2. The first-order valence-corrected chi connectivity index (χ1v) is 11.6. The summed E-state index contributed by atoms with van der Waals surface area (Å²) < 4.78 is 5.78. The van der Waals surface area contributed by atoms with Crippen molar-refractivity contribution in [2.75, 3.05) is 18.5 Å². The predicted octanol–water partition coefficient (Wildman–Crippen LogP) is 4.24. The van der Waals surface area contributed by atoms with Crippen molar-refractivity contribution in [1.29, 1.82) is 10.8 Å². The lowest BCUT2D eigenvalue weighted by Gasteiger charge is -2.22. The van der Waals surface area contributed by atoms with Crippen molar-refractivity contribution in [3.63, 3.8) is 0 Å². The molecule has 0 spiro atoms. The van der Waals surface area contributed by atoms with E-state index in [1.807, 2.05) is 6.92 Å². The fourth-order valence-corrected chi connectivity index (χ4v) is 5.13. The molecule has 1 aliphatic carbocycles. The number of carbonyl (C=O) groups is 1. The number of nitrogens with zero attached hydrogens (tertiary/aromatic N) is 2. The van der Waals surface area contributed by atoms with Gasteiger partial charge in [0.05, 0.1) is 12.3 Å². The van der Waals surface area contributed by atoms with Gasteiger partial charge in [-0.2, -0.15) is 0 Å². The molecule has 3 atom stereocenters. The molecular formula is C23H31N5O3S. The number of rotatable bonds is 11. The molecule has 0 aliphatic heterocycles. The molecule has 0 radical (unpaired) electrons. The van der Waals surface area contributed by atoms with E-state index < -0.39 is 12.5 Å². The number of thiazole rings is 1. The van der Waals surface area contributed by atoms with Gasteiger partial charge >= 0.3 is 0 Å². The molecule has 3 unspecified atom stereocenters. The number of hydrogen-bond donors (Lipinski definition) is 4. The highest BCUT2D eigenvalue weighted by atomic mass is 32.1. The lowest BCUT2D eigenvalue weighted by Crippen LogP contribution is -2.22. The Balaban J connectivity index is 1.93. The van der Waals surface area contributed by atoms with Crippen LogP contribution in [0.15, 0.2) is 18.3 Å². The maximum absolute atomic E-state index is 11.5. The summed E-state index contributed by atoms with van der Waals surface area (Å²) >= 11 is 1.38. The number of pyridine rings is 1.